The highest BCUT2D eigenvalue weighted by Gasteiger charge is 2.36. The van der Waals surface area contributed by atoms with E-state index in [1.807, 2.05) is 78.9 Å². The molecule has 0 N–H and O–H groups in total. The van der Waals surface area contributed by atoms with Gasteiger partial charge < -0.3 is 9.47 Å². The fourth-order valence-corrected chi connectivity index (χ4v) is 3.68. The van der Waals surface area contributed by atoms with Crippen LogP contribution in [-0.2, 0) is 16.1 Å². The van der Waals surface area contributed by atoms with Crippen molar-refractivity contribution in [3.05, 3.63) is 101 Å². The minimum atomic E-state index is -0.656. The van der Waals surface area contributed by atoms with Crippen LogP contribution in [0, 0.1) is 0 Å². The van der Waals surface area contributed by atoms with Gasteiger partial charge in [-0.3, -0.25) is 9.69 Å². The predicted octanol–water partition coefficient (Wildman–Crippen LogP) is 5.18. The number of methoxy groups -OCH3 is 1. The summed E-state index contributed by atoms with van der Waals surface area (Å²) < 4.78 is 11.2. The Bertz CT molecular complexity index is 1090. The molecule has 0 saturated heterocycles. The van der Waals surface area contributed by atoms with Gasteiger partial charge in [0.2, 0.25) is 0 Å². The van der Waals surface area contributed by atoms with Crippen LogP contribution < -0.4 is 9.64 Å². The summed E-state index contributed by atoms with van der Waals surface area (Å²) in [4.78, 5) is 26.8. The van der Waals surface area contributed by atoms with Crippen LogP contribution in [0.5, 0.6) is 5.75 Å². The van der Waals surface area contributed by atoms with Crippen molar-refractivity contribution in [2.75, 3.05) is 12.0 Å². The number of fused-ring (bicyclic) bond motifs is 1. The second kappa shape index (κ2) is 8.66. The lowest BCUT2D eigenvalue weighted by Crippen LogP contribution is -2.39. The molecule has 5 nitrogen and oxygen atoms in total. The molecule has 0 spiro atoms. The van der Waals surface area contributed by atoms with Gasteiger partial charge in [0, 0.05) is 11.1 Å². The molecule has 1 aliphatic heterocycles. The average Bonchev–Trinajstić information content (AvgIpc) is 2.81. The smallest absolute Gasteiger partial charge is 0.415 e. The lowest BCUT2D eigenvalue weighted by atomic mass is 9.90. The molecule has 5 heteroatoms. The number of hydrogen-bond acceptors (Lipinski definition) is 4. The molecule has 150 valence electrons. The fourth-order valence-electron chi connectivity index (χ4n) is 3.68. The van der Waals surface area contributed by atoms with E-state index in [1.165, 1.54) is 4.90 Å². The van der Waals surface area contributed by atoms with Gasteiger partial charge in [-0.15, -0.1) is 0 Å². The molecular formula is C25H21NO4. The van der Waals surface area contributed by atoms with Gasteiger partial charge in [0.05, 0.1) is 18.8 Å². The van der Waals surface area contributed by atoms with Gasteiger partial charge in [-0.05, 0) is 29.3 Å². The molecule has 0 fully saturated rings. The first kappa shape index (κ1) is 19.5. The normalized spacial score (nSPS) is 15.0. The maximum Gasteiger partial charge on any atom is 0.415 e. The van der Waals surface area contributed by atoms with Crippen LogP contribution in [0.4, 0.5) is 10.5 Å². The predicted molar refractivity (Wildman–Crippen MR) is 115 cm³/mol. The molecule has 30 heavy (non-hydrogen) atoms. The van der Waals surface area contributed by atoms with Crippen molar-refractivity contribution in [2.45, 2.75) is 12.6 Å². The molecule has 0 aromatic heterocycles. The Hall–Kier alpha value is -3.86. The average molecular weight is 399 g/mol. The standard InChI is InChI=1S/C25H21NO4/c1-29-23-14-8-6-12-21(23)24-20(16-27)15-19-11-5-7-13-22(19)26(24)25(28)30-17-18-9-3-2-4-10-18/h2-16,24H,17H2,1H3/t24-/m0/s1. The van der Waals surface area contributed by atoms with E-state index in [-0.39, 0.29) is 6.61 Å². The second-order valence-electron chi connectivity index (χ2n) is 6.88. The summed E-state index contributed by atoms with van der Waals surface area (Å²) in [7, 11) is 1.57. The highest BCUT2D eigenvalue weighted by molar-refractivity contribution is 6.00. The van der Waals surface area contributed by atoms with E-state index < -0.39 is 12.1 Å². The number of anilines is 1. The summed E-state index contributed by atoms with van der Waals surface area (Å²) in [6, 6.07) is 23.6. The molecule has 1 heterocycles. The van der Waals surface area contributed by atoms with Crippen LogP contribution in [-0.4, -0.2) is 19.5 Å². The Morgan fingerprint density at radius 1 is 0.967 bits per heavy atom. The SMILES string of the molecule is COc1ccccc1[C@@H]1C(C=O)=Cc2ccccc2N1C(=O)OCc1ccccc1. The first-order valence-corrected chi connectivity index (χ1v) is 9.61. The molecule has 1 aliphatic rings. The van der Waals surface area contributed by atoms with Gasteiger partial charge in [-0.25, -0.2) is 4.79 Å². The van der Waals surface area contributed by atoms with E-state index in [1.54, 1.807) is 13.2 Å². The van der Waals surface area contributed by atoms with Crippen LogP contribution in [0.1, 0.15) is 22.7 Å². The Balaban J connectivity index is 1.77. The summed E-state index contributed by atoms with van der Waals surface area (Å²) in [6.07, 6.45) is 2.06. The largest absolute Gasteiger partial charge is 0.496 e. The quantitative estimate of drug-likeness (QED) is 0.555. The number of nitrogens with zero attached hydrogens (tertiary/aromatic N) is 1. The number of carbonyl (C=O) groups is 2. The Morgan fingerprint density at radius 3 is 2.43 bits per heavy atom. The van der Waals surface area contributed by atoms with Crippen molar-refractivity contribution in [3.63, 3.8) is 0 Å². The maximum absolute atomic E-state index is 13.3. The van der Waals surface area contributed by atoms with Gasteiger partial charge in [0.1, 0.15) is 18.6 Å². The molecule has 4 rings (SSSR count). The molecular weight excluding hydrogens is 378 g/mol. The Labute approximate surface area is 175 Å². The monoisotopic (exact) mass is 399 g/mol. The van der Waals surface area contributed by atoms with Gasteiger partial charge in [0.25, 0.3) is 0 Å². The van der Waals surface area contributed by atoms with E-state index in [9.17, 15) is 9.59 Å². The van der Waals surface area contributed by atoms with Crippen LogP contribution >= 0.6 is 0 Å². The number of aldehydes is 1. The first-order valence-electron chi connectivity index (χ1n) is 9.61. The van der Waals surface area contributed by atoms with Gasteiger partial charge in [-0.1, -0.05) is 66.7 Å². The third kappa shape index (κ3) is 3.70. The van der Waals surface area contributed by atoms with Crippen LogP contribution in [0.3, 0.4) is 0 Å². The number of amides is 1. The second-order valence-corrected chi connectivity index (χ2v) is 6.88. The van der Waals surface area contributed by atoms with Gasteiger partial charge >= 0.3 is 6.09 Å². The van der Waals surface area contributed by atoms with Crippen molar-refractivity contribution in [1.82, 2.24) is 0 Å². The fraction of sp³-hybridized carbons (Fsp3) is 0.120. The van der Waals surface area contributed by atoms with Crippen LogP contribution in [0.15, 0.2) is 84.4 Å². The third-order valence-electron chi connectivity index (χ3n) is 5.06. The highest BCUT2D eigenvalue weighted by Crippen LogP contribution is 2.43. The van der Waals surface area contributed by atoms with E-state index in [4.69, 9.17) is 9.47 Å². The third-order valence-corrected chi connectivity index (χ3v) is 5.06. The van der Waals surface area contributed by atoms with Gasteiger partial charge in [-0.2, -0.15) is 0 Å². The van der Waals surface area contributed by atoms with Crippen molar-refractivity contribution in [3.8, 4) is 5.75 Å². The molecule has 3 aromatic rings. The lowest BCUT2D eigenvalue weighted by Gasteiger charge is -2.36. The summed E-state index contributed by atoms with van der Waals surface area (Å²) in [5.41, 5.74) is 3.51. The molecule has 0 radical (unpaired) electrons. The Morgan fingerprint density at radius 2 is 1.67 bits per heavy atom. The summed E-state index contributed by atoms with van der Waals surface area (Å²) in [5.74, 6) is 0.593. The van der Waals surface area contributed by atoms with Crippen molar-refractivity contribution in [2.24, 2.45) is 0 Å². The summed E-state index contributed by atoms with van der Waals surface area (Å²) in [6.45, 7) is 0.136. The van der Waals surface area contributed by atoms with Gasteiger partial charge in [0.15, 0.2) is 0 Å². The number of para-hydroxylation sites is 2. The zero-order chi connectivity index (χ0) is 20.9. The number of carbonyl (C=O) groups excluding carboxylic acids is 2. The van der Waals surface area contributed by atoms with E-state index >= 15 is 0 Å². The number of rotatable bonds is 5. The summed E-state index contributed by atoms with van der Waals surface area (Å²) in [5, 5.41) is 0. The van der Waals surface area contributed by atoms with Crippen molar-refractivity contribution in [1.29, 1.82) is 0 Å². The molecule has 0 saturated carbocycles. The molecule has 0 bridgehead atoms. The van der Waals surface area contributed by atoms with E-state index in [2.05, 4.69) is 0 Å². The number of hydrogen-bond donors (Lipinski definition) is 0. The minimum Gasteiger partial charge on any atom is -0.496 e. The molecule has 3 aromatic carbocycles. The molecule has 1 atom stereocenters. The van der Waals surface area contributed by atoms with E-state index in [0.717, 1.165) is 17.4 Å². The van der Waals surface area contributed by atoms with Crippen molar-refractivity contribution < 1.29 is 19.1 Å². The minimum absolute atomic E-state index is 0.136. The van der Waals surface area contributed by atoms with Crippen LogP contribution in [0.25, 0.3) is 6.08 Å². The highest BCUT2D eigenvalue weighted by atomic mass is 16.6. The number of benzene rings is 3. The first-order chi connectivity index (χ1) is 14.7. The van der Waals surface area contributed by atoms with E-state index in [0.29, 0.717) is 22.6 Å². The van der Waals surface area contributed by atoms with Crippen LogP contribution in [0.2, 0.25) is 0 Å². The number of ether oxygens (including phenoxy) is 2. The van der Waals surface area contributed by atoms with Crippen molar-refractivity contribution >= 4 is 24.1 Å². The zero-order valence-corrected chi connectivity index (χ0v) is 16.5. The summed E-state index contributed by atoms with van der Waals surface area (Å²) >= 11 is 0. The zero-order valence-electron chi connectivity index (χ0n) is 16.5. The molecule has 1 amide bonds. The maximum atomic E-state index is 13.3. The topological polar surface area (TPSA) is 55.8 Å². The molecule has 0 aliphatic carbocycles. The molecule has 0 unspecified atom stereocenters. The lowest BCUT2D eigenvalue weighted by molar-refractivity contribution is -0.105. The Kier molecular flexibility index (Phi) is 5.61.